The highest BCUT2D eigenvalue weighted by atomic mass is 19.4. The molecule has 27 heavy (non-hydrogen) atoms. The second-order valence-corrected chi connectivity index (χ2v) is 6.11. The van der Waals surface area contributed by atoms with E-state index in [0.29, 0.717) is 31.8 Å². The minimum absolute atomic E-state index is 0.0181. The maximum atomic E-state index is 12.8. The summed E-state index contributed by atoms with van der Waals surface area (Å²) in [6, 6.07) is 0.784. The molecule has 0 radical (unpaired) electrons. The third kappa shape index (κ3) is 6.69. The molecule has 1 amide bonds. The van der Waals surface area contributed by atoms with Crippen LogP contribution < -0.4 is 5.32 Å². The largest absolute Gasteiger partial charge is 0.416 e. The SMILES string of the molecule is O=C(NCCCOCC1CCCO1)c1cc(C(F)(F)F)cc(C(F)(F)F)c1. The standard InChI is InChI=1S/C17H19F6NO3/c18-16(19,20)12-7-11(8-13(9-12)17(21,22)23)15(25)24-4-2-5-26-10-14-3-1-6-27-14/h7-9,14H,1-6,10H2,(H,24,25). The van der Waals surface area contributed by atoms with Crippen LogP contribution in [0.1, 0.15) is 40.7 Å². The number of halogens is 6. The summed E-state index contributed by atoms with van der Waals surface area (Å²) in [4.78, 5) is 11.9. The van der Waals surface area contributed by atoms with Gasteiger partial charge in [0, 0.05) is 25.3 Å². The Labute approximate surface area is 151 Å². The lowest BCUT2D eigenvalue weighted by atomic mass is 10.0. The van der Waals surface area contributed by atoms with Crippen LogP contribution >= 0.6 is 0 Å². The van der Waals surface area contributed by atoms with Crippen LogP contribution in [0, 0.1) is 0 Å². The molecular formula is C17H19F6NO3. The van der Waals surface area contributed by atoms with Crippen molar-refractivity contribution in [3.05, 3.63) is 34.9 Å². The summed E-state index contributed by atoms with van der Waals surface area (Å²) in [6.45, 7) is 1.45. The zero-order valence-corrected chi connectivity index (χ0v) is 14.3. The van der Waals surface area contributed by atoms with Gasteiger partial charge in [-0.25, -0.2) is 0 Å². The molecule has 1 fully saturated rings. The number of nitrogens with one attached hydrogen (secondary N) is 1. The molecule has 1 heterocycles. The minimum Gasteiger partial charge on any atom is -0.379 e. The molecule has 1 atom stereocenters. The molecule has 1 aromatic rings. The molecule has 1 saturated heterocycles. The summed E-state index contributed by atoms with van der Waals surface area (Å²) in [5, 5.41) is 2.30. The van der Waals surface area contributed by atoms with Gasteiger partial charge in [0.05, 0.1) is 23.8 Å². The fraction of sp³-hybridized carbons (Fsp3) is 0.588. The highest BCUT2D eigenvalue weighted by molar-refractivity contribution is 5.94. The third-order valence-electron chi connectivity index (χ3n) is 3.93. The summed E-state index contributed by atoms with van der Waals surface area (Å²) in [7, 11) is 0. The second kappa shape index (κ2) is 8.92. The first kappa shape index (κ1) is 21.5. The Morgan fingerprint density at radius 1 is 1.11 bits per heavy atom. The zero-order valence-electron chi connectivity index (χ0n) is 14.3. The summed E-state index contributed by atoms with van der Waals surface area (Å²) >= 11 is 0. The Morgan fingerprint density at radius 2 is 1.74 bits per heavy atom. The van der Waals surface area contributed by atoms with E-state index in [1.807, 2.05) is 0 Å². The number of carbonyl (C=O) groups excluding carboxylic acids is 1. The predicted octanol–water partition coefficient (Wildman–Crippen LogP) is 4.04. The van der Waals surface area contributed by atoms with Crippen LogP contribution in [0.15, 0.2) is 18.2 Å². The molecule has 0 bridgehead atoms. The van der Waals surface area contributed by atoms with Gasteiger partial charge >= 0.3 is 12.4 Å². The fourth-order valence-corrected chi connectivity index (χ4v) is 2.55. The smallest absolute Gasteiger partial charge is 0.379 e. The van der Waals surface area contributed by atoms with Gasteiger partial charge in [0.25, 0.3) is 5.91 Å². The summed E-state index contributed by atoms with van der Waals surface area (Å²) in [5.74, 6) is -1.01. The van der Waals surface area contributed by atoms with Crippen molar-refractivity contribution in [2.24, 2.45) is 0 Å². The Kier molecular flexibility index (Phi) is 7.10. The number of amides is 1. The molecule has 1 N–H and O–H groups in total. The highest BCUT2D eigenvalue weighted by Crippen LogP contribution is 2.36. The number of benzene rings is 1. The van der Waals surface area contributed by atoms with E-state index in [2.05, 4.69) is 5.32 Å². The molecule has 1 aliphatic heterocycles. The van der Waals surface area contributed by atoms with Gasteiger partial charge in [-0.2, -0.15) is 26.3 Å². The van der Waals surface area contributed by atoms with Crippen LogP contribution in [-0.4, -0.2) is 38.4 Å². The first-order valence-electron chi connectivity index (χ1n) is 8.34. The van der Waals surface area contributed by atoms with Gasteiger partial charge in [-0.05, 0) is 37.5 Å². The molecule has 152 valence electrons. The van der Waals surface area contributed by atoms with E-state index >= 15 is 0 Å². The van der Waals surface area contributed by atoms with Gasteiger partial charge in [0.2, 0.25) is 0 Å². The van der Waals surface area contributed by atoms with Crippen LogP contribution in [0.5, 0.6) is 0 Å². The normalized spacial score (nSPS) is 17.9. The highest BCUT2D eigenvalue weighted by Gasteiger charge is 2.37. The van der Waals surface area contributed by atoms with E-state index in [1.54, 1.807) is 0 Å². The van der Waals surface area contributed by atoms with Crippen LogP contribution in [0.3, 0.4) is 0 Å². The van der Waals surface area contributed by atoms with Crippen LogP contribution in [-0.2, 0) is 21.8 Å². The minimum atomic E-state index is -4.99. The second-order valence-electron chi connectivity index (χ2n) is 6.11. The number of hydrogen-bond donors (Lipinski definition) is 1. The van der Waals surface area contributed by atoms with Crippen molar-refractivity contribution in [2.75, 3.05) is 26.4 Å². The van der Waals surface area contributed by atoms with E-state index < -0.39 is 35.0 Å². The van der Waals surface area contributed by atoms with Crippen molar-refractivity contribution in [3.63, 3.8) is 0 Å². The number of alkyl halides is 6. The van der Waals surface area contributed by atoms with Crippen molar-refractivity contribution in [2.45, 2.75) is 37.7 Å². The molecule has 0 aliphatic carbocycles. The van der Waals surface area contributed by atoms with E-state index in [-0.39, 0.29) is 25.3 Å². The van der Waals surface area contributed by atoms with E-state index in [0.717, 1.165) is 12.8 Å². The molecule has 0 spiro atoms. The van der Waals surface area contributed by atoms with Crippen LogP contribution in [0.4, 0.5) is 26.3 Å². The number of hydrogen-bond acceptors (Lipinski definition) is 3. The summed E-state index contributed by atoms with van der Waals surface area (Å²) in [5.41, 5.74) is -3.75. The fourth-order valence-electron chi connectivity index (χ4n) is 2.55. The van der Waals surface area contributed by atoms with Gasteiger partial charge in [-0.15, -0.1) is 0 Å². The lowest BCUT2D eigenvalue weighted by molar-refractivity contribution is -0.143. The Bertz CT molecular complexity index is 606. The van der Waals surface area contributed by atoms with E-state index in [1.165, 1.54) is 0 Å². The average molecular weight is 399 g/mol. The zero-order chi connectivity index (χ0) is 20.1. The maximum absolute atomic E-state index is 12.8. The van der Waals surface area contributed by atoms with E-state index in [9.17, 15) is 31.1 Å². The van der Waals surface area contributed by atoms with Crippen molar-refractivity contribution in [1.29, 1.82) is 0 Å². The maximum Gasteiger partial charge on any atom is 0.416 e. The average Bonchev–Trinajstić information content (AvgIpc) is 3.09. The molecule has 4 nitrogen and oxygen atoms in total. The van der Waals surface area contributed by atoms with Crippen molar-refractivity contribution in [1.82, 2.24) is 5.32 Å². The molecule has 2 rings (SSSR count). The number of rotatable bonds is 7. The Hall–Kier alpha value is -1.81. The van der Waals surface area contributed by atoms with Crippen LogP contribution in [0.2, 0.25) is 0 Å². The number of ether oxygens (including phenoxy) is 2. The van der Waals surface area contributed by atoms with Crippen LogP contribution in [0.25, 0.3) is 0 Å². The van der Waals surface area contributed by atoms with Gasteiger partial charge < -0.3 is 14.8 Å². The van der Waals surface area contributed by atoms with Gasteiger partial charge in [-0.1, -0.05) is 0 Å². The number of carbonyl (C=O) groups is 1. The Balaban J connectivity index is 1.88. The Morgan fingerprint density at radius 3 is 2.26 bits per heavy atom. The molecule has 1 aliphatic rings. The monoisotopic (exact) mass is 399 g/mol. The molecule has 0 aromatic heterocycles. The molecule has 0 saturated carbocycles. The van der Waals surface area contributed by atoms with Gasteiger partial charge in [0.15, 0.2) is 0 Å². The summed E-state index contributed by atoms with van der Waals surface area (Å²) < 4.78 is 87.5. The molecule has 10 heteroatoms. The first-order valence-corrected chi connectivity index (χ1v) is 8.34. The van der Waals surface area contributed by atoms with Crippen molar-refractivity contribution < 1.29 is 40.6 Å². The summed E-state index contributed by atoms with van der Waals surface area (Å²) in [6.07, 6.45) is -7.69. The lowest BCUT2D eigenvalue weighted by Gasteiger charge is -2.14. The topological polar surface area (TPSA) is 47.6 Å². The quantitative estimate of drug-likeness (QED) is 0.556. The van der Waals surface area contributed by atoms with Crippen molar-refractivity contribution >= 4 is 5.91 Å². The first-order chi connectivity index (χ1) is 12.6. The van der Waals surface area contributed by atoms with Gasteiger partial charge in [0.1, 0.15) is 0 Å². The molecule has 1 aromatic carbocycles. The third-order valence-corrected chi connectivity index (χ3v) is 3.93. The van der Waals surface area contributed by atoms with Crippen molar-refractivity contribution in [3.8, 4) is 0 Å². The van der Waals surface area contributed by atoms with Gasteiger partial charge in [-0.3, -0.25) is 4.79 Å². The molecule has 1 unspecified atom stereocenters. The lowest BCUT2D eigenvalue weighted by Crippen LogP contribution is -2.26. The molecular weight excluding hydrogens is 380 g/mol. The predicted molar refractivity (Wildman–Crippen MR) is 83.2 cm³/mol. The van der Waals surface area contributed by atoms with E-state index in [4.69, 9.17) is 9.47 Å².